The van der Waals surface area contributed by atoms with E-state index in [4.69, 9.17) is 0 Å². The second kappa shape index (κ2) is 6.73. The zero-order valence-corrected chi connectivity index (χ0v) is 12.3. The third-order valence-electron chi connectivity index (χ3n) is 2.82. The Kier molecular flexibility index (Phi) is 4.96. The Labute approximate surface area is 130 Å². The smallest absolute Gasteiger partial charge is 0.354 e. The number of nitrogens with one attached hydrogen (secondary N) is 2. The van der Waals surface area contributed by atoms with Gasteiger partial charge < -0.3 is 5.32 Å². The average Bonchev–Trinajstić information content (AvgIpc) is 2.48. The molecule has 2 aromatic rings. The first-order chi connectivity index (χ1) is 10.4. The maximum Gasteiger partial charge on any atom is 0.416 e. The molecule has 0 aliphatic carbocycles. The summed E-state index contributed by atoms with van der Waals surface area (Å²) in [6, 6.07) is 12.0. The number of nitriles is 1. The van der Waals surface area contributed by atoms with Gasteiger partial charge in [0.05, 0.1) is 16.8 Å². The highest BCUT2D eigenvalue weighted by Crippen LogP contribution is 2.31. The molecule has 2 N–H and O–H groups in total. The molecular weight excluding hydrogens is 311 g/mol. The third-order valence-corrected chi connectivity index (χ3v) is 3.52. The van der Waals surface area contributed by atoms with Crippen LogP contribution in [0.25, 0.3) is 0 Å². The van der Waals surface area contributed by atoms with Crippen LogP contribution in [0.4, 0.5) is 24.5 Å². The number of benzene rings is 2. The van der Waals surface area contributed by atoms with E-state index in [0.29, 0.717) is 16.9 Å². The van der Waals surface area contributed by atoms with Crippen molar-refractivity contribution >= 4 is 23.3 Å². The average molecular weight is 323 g/mol. The van der Waals surface area contributed by atoms with E-state index in [9.17, 15) is 18.4 Å². The predicted molar refractivity (Wildman–Crippen MR) is 80.8 cm³/mol. The molecule has 0 unspecified atom stereocenters. The molecule has 2 aromatic carbocycles. The van der Waals surface area contributed by atoms with Gasteiger partial charge in [-0.25, -0.2) is 0 Å². The van der Waals surface area contributed by atoms with Crippen LogP contribution in [0.2, 0.25) is 0 Å². The lowest BCUT2D eigenvalue weighted by atomic mass is 10.1. The Morgan fingerprint density at radius 3 is 2.32 bits per heavy atom. The van der Waals surface area contributed by atoms with Gasteiger partial charge in [-0.2, -0.15) is 18.4 Å². The minimum absolute atomic E-state index is 0.417. The highest BCUT2D eigenvalue weighted by atomic mass is 32.2. The van der Waals surface area contributed by atoms with Gasteiger partial charge in [0.25, 0.3) is 0 Å². The second-order valence-electron chi connectivity index (χ2n) is 4.33. The first kappa shape index (κ1) is 16.2. The van der Waals surface area contributed by atoms with Crippen LogP contribution >= 0.6 is 11.9 Å². The van der Waals surface area contributed by atoms with Crippen LogP contribution < -0.4 is 10.0 Å². The van der Waals surface area contributed by atoms with E-state index in [1.165, 1.54) is 24.1 Å². The lowest BCUT2D eigenvalue weighted by Crippen LogP contribution is -2.04. The zero-order chi connectivity index (χ0) is 16.2. The molecule has 0 aliphatic heterocycles. The van der Waals surface area contributed by atoms with E-state index in [1.54, 1.807) is 19.2 Å². The summed E-state index contributed by atoms with van der Waals surface area (Å²) in [5, 5.41) is 12.1. The normalized spacial score (nSPS) is 11.0. The van der Waals surface area contributed by atoms with Crippen LogP contribution in [0.3, 0.4) is 0 Å². The second-order valence-corrected chi connectivity index (χ2v) is 5.41. The number of nitrogens with zero attached hydrogens (tertiary/aromatic N) is 1. The van der Waals surface area contributed by atoms with E-state index < -0.39 is 11.7 Å². The predicted octanol–water partition coefficient (Wildman–Crippen LogP) is 4.55. The van der Waals surface area contributed by atoms with Gasteiger partial charge in [-0.05, 0) is 61.5 Å². The first-order valence-electron chi connectivity index (χ1n) is 6.26. The third kappa shape index (κ3) is 3.93. The summed E-state index contributed by atoms with van der Waals surface area (Å²) >= 11 is 1.37. The number of alkyl halides is 3. The van der Waals surface area contributed by atoms with Crippen molar-refractivity contribution in [2.24, 2.45) is 0 Å². The van der Waals surface area contributed by atoms with Crippen LogP contribution in [0, 0.1) is 11.3 Å². The van der Waals surface area contributed by atoms with Crippen LogP contribution in [0.5, 0.6) is 0 Å². The minimum atomic E-state index is -4.36. The first-order valence-corrected chi connectivity index (χ1v) is 7.07. The highest BCUT2D eigenvalue weighted by Gasteiger charge is 2.29. The summed E-state index contributed by atoms with van der Waals surface area (Å²) < 4.78 is 40.4. The molecule has 3 nitrogen and oxygen atoms in total. The molecule has 0 spiro atoms. The molecule has 7 heteroatoms. The fourth-order valence-electron chi connectivity index (χ4n) is 1.80. The fourth-order valence-corrected chi connectivity index (χ4v) is 2.35. The lowest BCUT2D eigenvalue weighted by Gasteiger charge is -2.11. The van der Waals surface area contributed by atoms with Crippen molar-refractivity contribution < 1.29 is 13.2 Å². The molecule has 0 atom stereocenters. The highest BCUT2D eigenvalue weighted by molar-refractivity contribution is 7.97. The molecular formula is C15H12F3N3S. The van der Waals surface area contributed by atoms with E-state index >= 15 is 0 Å². The monoisotopic (exact) mass is 323 g/mol. The Balaban J connectivity index is 2.22. The summed E-state index contributed by atoms with van der Waals surface area (Å²) in [6.07, 6.45) is -4.36. The maximum absolute atomic E-state index is 12.5. The van der Waals surface area contributed by atoms with Crippen LogP contribution in [-0.2, 0) is 6.18 Å². The zero-order valence-electron chi connectivity index (χ0n) is 11.5. The summed E-state index contributed by atoms with van der Waals surface area (Å²) in [6.45, 7) is 0. The number of anilines is 2. The number of hydrogen-bond acceptors (Lipinski definition) is 4. The van der Waals surface area contributed by atoms with E-state index in [0.717, 1.165) is 17.0 Å². The summed E-state index contributed by atoms with van der Waals surface area (Å²) in [7, 11) is 1.77. The topological polar surface area (TPSA) is 47.8 Å². The fraction of sp³-hybridized carbons (Fsp3) is 0.133. The Bertz CT molecular complexity index is 691. The summed E-state index contributed by atoms with van der Waals surface area (Å²) in [5.41, 5.74) is 0.737. The summed E-state index contributed by atoms with van der Waals surface area (Å²) in [5.74, 6) is 0. The molecule has 0 fully saturated rings. The van der Waals surface area contributed by atoms with Crippen molar-refractivity contribution in [1.29, 1.82) is 5.26 Å². The van der Waals surface area contributed by atoms with Crippen molar-refractivity contribution in [2.75, 3.05) is 12.4 Å². The van der Waals surface area contributed by atoms with Gasteiger partial charge in [0.1, 0.15) is 6.07 Å². The van der Waals surface area contributed by atoms with Gasteiger partial charge in [-0.15, -0.1) is 0 Å². The quantitative estimate of drug-likeness (QED) is 0.811. The van der Waals surface area contributed by atoms with Gasteiger partial charge in [0.15, 0.2) is 0 Å². The van der Waals surface area contributed by atoms with Gasteiger partial charge in [0.2, 0.25) is 0 Å². The van der Waals surface area contributed by atoms with Gasteiger partial charge in [0, 0.05) is 10.6 Å². The minimum Gasteiger partial charge on any atom is -0.354 e. The maximum atomic E-state index is 12.5. The van der Waals surface area contributed by atoms with Crippen molar-refractivity contribution in [2.45, 2.75) is 11.1 Å². The van der Waals surface area contributed by atoms with Crippen molar-refractivity contribution in [3.05, 3.63) is 53.6 Å². The number of hydrogen-bond donors (Lipinski definition) is 2. The molecule has 0 saturated carbocycles. The molecule has 2 rings (SSSR count). The van der Waals surface area contributed by atoms with E-state index in [2.05, 4.69) is 16.1 Å². The molecule has 114 valence electrons. The van der Waals surface area contributed by atoms with E-state index in [1.807, 2.05) is 6.07 Å². The van der Waals surface area contributed by atoms with Crippen molar-refractivity contribution in [3.8, 4) is 6.07 Å². The van der Waals surface area contributed by atoms with Crippen LogP contribution in [0.1, 0.15) is 11.1 Å². The Hall–Kier alpha value is -2.17. The van der Waals surface area contributed by atoms with Crippen molar-refractivity contribution in [3.63, 3.8) is 0 Å². The van der Waals surface area contributed by atoms with Gasteiger partial charge in [-0.1, -0.05) is 0 Å². The molecule has 0 amide bonds. The molecule has 0 bridgehead atoms. The SMILES string of the molecule is CNSc1ccc(Nc2ccc(C(F)(F)F)cc2)c(C#N)c1. The molecule has 0 saturated heterocycles. The molecule has 0 heterocycles. The Morgan fingerprint density at radius 2 is 1.77 bits per heavy atom. The largest absolute Gasteiger partial charge is 0.416 e. The summed E-state index contributed by atoms with van der Waals surface area (Å²) in [4.78, 5) is 0.872. The number of halogens is 3. The molecule has 0 aromatic heterocycles. The Morgan fingerprint density at radius 1 is 1.09 bits per heavy atom. The van der Waals surface area contributed by atoms with Crippen LogP contribution in [0.15, 0.2) is 47.4 Å². The molecule has 22 heavy (non-hydrogen) atoms. The molecule has 0 radical (unpaired) electrons. The van der Waals surface area contributed by atoms with Gasteiger partial charge in [-0.3, -0.25) is 4.72 Å². The lowest BCUT2D eigenvalue weighted by molar-refractivity contribution is -0.137. The number of rotatable bonds is 4. The van der Waals surface area contributed by atoms with Gasteiger partial charge >= 0.3 is 6.18 Å². The standard InChI is InChI=1S/C15H12F3N3S/c1-20-22-13-6-7-14(10(8-13)9-19)21-12-4-2-11(3-5-12)15(16,17)18/h2-8,20-21H,1H3. The van der Waals surface area contributed by atoms with Crippen LogP contribution in [-0.4, -0.2) is 7.05 Å². The molecule has 0 aliphatic rings. The van der Waals surface area contributed by atoms with E-state index in [-0.39, 0.29) is 0 Å². The van der Waals surface area contributed by atoms with Crippen molar-refractivity contribution in [1.82, 2.24) is 4.72 Å².